The minimum atomic E-state index is -0.526. The first-order valence-corrected chi connectivity index (χ1v) is 17.9. The van der Waals surface area contributed by atoms with Crippen molar-refractivity contribution >= 4 is 19.5 Å². The maximum atomic E-state index is 6.45. The average Bonchev–Trinajstić information content (AvgIpc) is 2.88. The first-order chi connectivity index (χ1) is 17.2. The minimum absolute atomic E-state index is 0.526. The molecule has 196 valence electrons. The van der Waals surface area contributed by atoms with E-state index in [1.54, 1.807) is 0 Å². The smallest absolute Gasteiger partial charge is 0.219 e. The summed E-state index contributed by atoms with van der Waals surface area (Å²) in [4.78, 5) is 0. The Morgan fingerprint density at radius 1 is 0.514 bits per heavy atom. The van der Waals surface area contributed by atoms with Gasteiger partial charge in [-0.3, -0.25) is 0 Å². The molecule has 0 fully saturated rings. The van der Waals surface area contributed by atoms with E-state index in [1.807, 2.05) is 0 Å². The molecule has 0 atom stereocenters. The lowest BCUT2D eigenvalue weighted by atomic mass is 9.97. The zero-order chi connectivity index (χ0) is 25.1. The molecule has 0 aromatic heterocycles. The molecule has 0 saturated heterocycles. The highest BCUT2D eigenvalue weighted by atomic mass is 28.2. The Hall–Kier alpha value is -1.53. The number of hydrogen-bond acceptors (Lipinski definition) is 2. The Kier molecular flexibility index (Phi) is 15.9. The van der Waals surface area contributed by atoms with Crippen LogP contribution in [0.15, 0.2) is 36.4 Å². The molecule has 0 aliphatic carbocycles. The van der Waals surface area contributed by atoms with Crippen LogP contribution < -0.4 is 8.85 Å². The van der Waals surface area contributed by atoms with Gasteiger partial charge in [-0.15, -0.1) is 0 Å². The number of aryl methyl sites for hydroxylation is 2. The second-order valence-corrected chi connectivity index (χ2v) is 12.8. The van der Waals surface area contributed by atoms with Gasteiger partial charge in [-0.1, -0.05) is 84.1 Å². The van der Waals surface area contributed by atoms with Gasteiger partial charge < -0.3 is 8.85 Å². The zero-order valence-electron chi connectivity index (χ0n) is 23.3. The van der Waals surface area contributed by atoms with E-state index in [-0.39, 0.29) is 0 Å². The van der Waals surface area contributed by atoms with Crippen molar-refractivity contribution < 1.29 is 8.85 Å². The molecule has 0 aliphatic heterocycles. The highest BCUT2D eigenvalue weighted by Crippen LogP contribution is 2.27. The summed E-state index contributed by atoms with van der Waals surface area (Å²) in [6, 6.07) is 16.0. The molecule has 2 aromatic carbocycles. The van der Waals surface area contributed by atoms with Gasteiger partial charge in [0.2, 0.25) is 19.5 Å². The minimum Gasteiger partial charge on any atom is -0.549 e. The van der Waals surface area contributed by atoms with Crippen molar-refractivity contribution in [3.63, 3.8) is 0 Å². The lowest BCUT2D eigenvalue weighted by Gasteiger charge is -2.17. The number of unbranched alkanes of at least 4 members (excludes halogenated alkanes) is 4. The van der Waals surface area contributed by atoms with Gasteiger partial charge in [0.15, 0.2) is 0 Å². The fourth-order valence-electron chi connectivity index (χ4n) is 4.72. The highest BCUT2D eigenvalue weighted by molar-refractivity contribution is 6.30. The second-order valence-electron chi connectivity index (χ2n) is 9.96. The summed E-state index contributed by atoms with van der Waals surface area (Å²) in [5.41, 5.74) is 6.03. The Morgan fingerprint density at radius 2 is 0.914 bits per heavy atom. The molecule has 0 bridgehead atoms. The Balaban J connectivity index is 1.81. The van der Waals surface area contributed by atoms with Crippen LogP contribution in [0.3, 0.4) is 0 Å². The average molecular weight is 513 g/mol. The topological polar surface area (TPSA) is 18.5 Å². The van der Waals surface area contributed by atoms with Crippen LogP contribution >= 0.6 is 0 Å². The van der Waals surface area contributed by atoms with Crippen LogP contribution in [-0.4, -0.2) is 19.5 Å². The first kappa shape index (κ1) is 29.7. The predicted molar refractivity (Wildman–Crippen MR) is 160 cm³/mol. The van der Waals surface area contributed by atoms with Gasteiger partial charge in [0, 0.05) is 0 Å². The summed E-state index contributed by atoms with van der Waals surface area (Å²) in [6.07, 6.45) is 16.0. The van der Waals surface area contributed by atoms with Crippen LogP contribution in [0.1, 0.15) is 108 Å². The Labute approximate surface area is 221 Å². The van der Waals surface area contributed by atoms with Crippen molar-refractivity contribution in [1.82, 2.24) is 0 Å². The van der Waals surface area contributed by atoms with Crippen LogP contribution in [0, 0.1) is 0 Å². The molecule has 2 aromatic rings. The first-order valence-electron chi connectivity index (χ1n) is 14.7. The Bertz CT molecular complexity index is 754. The van der Waals surface area contributed by atoms with Crippen LogP contribution in [0.5, 0.6) is 11.5 Å². The van der Waals surface area contributed by atoms with Gasteiger partial charge in [0.1, 0.15) is 11.5 Å². The lowest BCUT2D eigenvalue weighted by Crippen LogP contribution is -2.08. The molecule has 2 nitrogen and oxygen atoms in total. The molecule has 4 heteroatoms. The molecular weight excluding hydrogens is 461 g/mol. The third-order valence-electron chi connectivity index (χ3n) is 6.92. The summed E-state index contributed by atoms with van der Waals surface area (Å²) in [7, 11) is -1.05. The third-order valence-corrected chi connectivity index (χ3v) is 9.53. The predicted octanol–water partition coefficient (Wildman–Crippen LogP) is 7.91. The molecular formula is C31H52O2Si2. The van der Waals surface area contributed by atoms with E-state index < -0.39 is 19.5 Å². The lowest BCUT2D eigenvalue weighted by molar-refractivity contribution is 0.566. The SMILES string of the molecule is CCCCc1cccc(O[SiH2]CCC[SiH2]Oc2cccc(CCCC)c2CCCC)c1CCCC. The number of rotatable bonds is 20. The van der Waals surface area contributed by atoms with E-state index in [2.05, 4.69) is 64.1 Å². The summed E-state index contributed by atoms with van der Waals surface area (Å²) in [5, 5.41) is 0. The fourth-order valence-corrected chi connectivity index (χ4v) is 7.81. The monoisotopic (exact) mass is 512 g/mol. The summed E-state index contributed by atoms with van der Waals surface area (Å²) in [6.45, 7) is 9.12. The third kappa shape index (κ3) is 11.0. The maximum absolute atomic E-state index is 6.45. The van der Waals surface area contributed by atoms with Gasteiger partial charge in [0.25, 0.3) is 0 Å². The van der Waals surface area contributed by atoms with E-state index in [4.69, 9.17) is 8.85 Å². The van der Waals surface area contributed by atoms with Gasteiger partial charge >= 0.3 is 0 Å². The van der Waals surface area contributed by atoms with E-state index >= 15 is 0 Å². The highest BCUT2D eigenvalue weighted by Gasteiger charge is 2.11. The van der Waals surface area contributed by atoms with Gasteiger partial charge in [0.05, 0.1) is 0 Å². The number of hydrogen-bond donors (Lipinski definition) is 0. The van der Waals surface area contributed by atoms with Crippen LogP contribution in [0.25, 0.3) is 0 Å². The van der Waals surface area contributed by atoms with Crippen LogP contribution in [0.2, 0.25) is 12.1 Å². The van der Waals surface area contributed by atoms with Crippen molar-refractivity contribution in [3.8, 4) is 11.5 Å². The number of benzene rings is 2. The molecule has 35 heavy (non-hydrogen) atoms. The molecule has 0 saturated carbocycles. The summed E-state index contributed by atoms with van der Waals surface area (Å²) >= 11 is 0. The molecule has 0 aliphatic rings. The fraction of sp³-hybridized carbons (Fsp3) is 0.613. The molecule has 2 rings (SSSR count). The van der Waals surface area contributed by atoms with E-state index in [0.29, 0.717) is 0 Å². The largest absolute Gasteiger partial charge is 0.549 e. The molecule has 0 heterocycles. The van der Waals surface area contributed by atoms with Gasteiger partial charge in [-0.25, -0.2) is 0 Å². The van der Waals surface area contributed by atoms with Crippen molar-refractivity contribution in [1.29, 1.82) is 0 Å². The van der Waals surface area contributed by atoms with E-state index in [1.165, 1.54) is 129 Å². The van der Waals surface area contributed by atoms with Gasteiger partial charge in [-0.05, 0) is 97.8 Å². The van der Waals surface area contributed by atoms with Gasteiger partial charge in [-0.2, -0.15) is 0 Å². The zero-order valence-corrected chi connectivity index (χ0v) is 26.1. The molecule has 0 radical (unpaired) electrons. The second kappa shape index (κ2) is 18.7. The summed E-state index contributed by atoms with van der Waals surface area (Å²) in [5.74, 6) is 2.38. The molecule has 0 unspecified atom stereocenters. The van der Waals surface area contributed by atoms with Crippen LogP contribution in [0.4, 0.5) is 0 Å². The van der Waals surface area contributed by atoms with Crippen LogP contribution in [-0.2, 0) is 25.7 Å². The standard InChI is InChI=1S/C31H52O2Si2/c1-5-9-16-26-18-13-22-30(28(26)20-11-7-3)32-34-24-15-25-35-33-31-23-14-19-27(17-10-6-2)29(31)21-12-8-4/h13-14,18-19,22-23H,5-12,15-17,20-21,24-25,34-35H2,1-4H3. The Morgan fingerprint density at radius 3 is 1.31 bits per heavy atom. The molecule has 0 amide bonds. The van der Waals surface area contributed by atoms with Crippen molar-refractivity contribution in [2.75, 3.05) is 0 Å². The van der Waals surface area contributed by atoms with E-state index in [0.717, 1.165) is 0 Å². The van der Waals surface area contributed by atoms with Crippen molar-refractivity contribution in [3.05, 3.63) is 58.7 Å². The van der Waals surface area contributed by atoms with E-state index in [9.17, 15) is 0 Å². The maximum Gasteiger partial charge on any atom is 0.219 e. The van der Waals surface area contributed by atoms with Crippen molar-refractivity contribution in [2.45, 2.75) is 123 Å². The summed E-state index contributed by atoms with van der Waals surface area (Å²) < 4.78 is 12.9. The quantitative estimate of drug-likeness (QED) is 0.132. The van der Waals surface area contributed by atoms with Crippen molar-refractivity contribution in [2.24, 2.45) is 0 Å². The molecule has 0 N–H and O–H groups in total. The molecule has 0 spiro atoms. The normalized spacial score (nSPS) is 11.8.